The smallest absolute Gasteiger partial charge is 0.270 e. The molecular weight excluding hydrogens is 248 g/mol. The molecule has 0 bridgehead atoms. The molecule has 1 aromatic heterocycles. The van der Waals surface area contributed by atoms with Crippen molar-refractivity contribution < 1.29 is 4.79 Å². The number of aryl methyl sites for hydroxylation is 1. The Morgan fingerprint density at radius 1 is 1.28 bits per heavy atom. The molecule has 0 aliphatic heterocycles. The third-order valence-corrected chi connectivity index (χ3v) is 2.76. The van der Waals surface area contributed by atoms with Gasteiger partial charge >= 0.3 is 0 Å². The Morgan fingerprint density at radius 2 is 2.00 bits per heavy atom. The molecule has 0 radical (unpaired) electrons. The number of hydrogen-bond donors (Lipinski definition) is 1. The van der Waals surface area contributed by atoms with E-state index in [0.717, 1.165) is 5.56 Å². The second-order valence-corrected chi connectivity index (χ2v) is 4.46. The molecule has 0 fully saturated rings. The van der Waals surface area contributed by atoms with Crippen LogP contribution in [-0.4, -0.2) is 10.9 Å². The Kier molecular flexibility index (Phi) is 3.95. The van der Waals surface area contributed by atoms with E-state index < -0.39 is 0 Å². The Labute approximate surface area is 111 Å². The monoisotopic (exact) mass is 260 g/mol. The first-order valence-corrected chi connectivity index (χ1v) is 5.98. The topological polar surface area (TPSA) is 42.0 Å². The Morgan fingerprint density at radius 3 is 2.67 bits per heavy atom. The molecule has 18 heavy (non-hydrogen) atoms. The molecule has 2 rings (SSSR count). The number of benzene rings is 1. The van der Waals surface area contributed by atoms with Gasteiger partial charge in [-0.3, -0.25) is 9.78 Å². The van der Waals surface area contributed by atoms with E-state index in [0.29, 0.717) is 17.3 Å². The lowest BCUT2D eigenvalue weighted by atomic mass is 10.1. The maximum atomic E-state index is 11.8. The average Bonchev–Trinajstić information content (AvgIpc) is 2.38. The van der Waals surface area contributed by atoms with Crippen molar-refractivity contribution in [3.05, 3.63) is 64.4 Å². The Bertz CT molecular complexity index is 552. The zero-order valence-electron chi connectivity index (χ0n) is 9.98. The summed E-state index contributed by atoms with van der Waals surface area (Å²) in [6.45, 7) is 2.51. The maximum Gasteiger partial charge on any atom is 0.270 e. The number of aromatic nitrogens is 1. The van der Waals surface area contributed by atoms with Crippen molar-refractivity contribution in [1.82, 2.24) is 10.3 Å². The molecular formula is C14H13ClN2O. The van der Waals surface area contributed by atoms with Gasteiger partial charge in [-0.1, -0.05) is 41.4 Å². The molecule has 2 aromatic rings. The van der Waals surface area contributed by atoms with Gasteiger partial charge in [0.15, 0.2) is 0 Å². The van der Waals surface area contributed by atoms with Crippen molar-refractivity contribution in [2.75, 3.05) is 0 Å². The van der Waals surface area contributed by atoms with E-state index in [-0.39, 0.29) is 5.91 Å². The van der Waals surface area contributed by atoms with Crippen molar-refractivity contribution in [2.45, 2.75) is 13.5 Å². The van der Waals surface area contributed by atoms with Crippen LogP contribution in [0.3, 0.4) is 0 Å². The van der Waals surface area contributed by atoms with Gasteiger partial charge in [0, 0.05) is 17.8 Å². The second kappa shape index (κ2) is 5.65. The summed E-state index contributed by atoms with van der Waals surface area (Å²) >= 11 is 5.80. The molecule has 1 amide bonds. The van der Waals surface area contributed by atoms with Crippen LogP contribution >= 0.6 is 11.6 Å². The summed E-state index contributed by atoms with van der Waals surface area (Å²) in [7, 11) is 0. The van der Waals surface area contributed by atoms with E-state index >= 15 is 0 Å². The van der Waals surface area contributed by atoms with Gasteiger partial charge in [0.25, 0.3) is 5.91 Å². The van der Waals surface area contributed by atoms with Gasteiger partial charge in [0.2, 0.25) is 0 Å². The van der Waals surface area contributed by atoms with E-state index in [2.05, 4.69) is 10.3 Å². The molecule has 1 N–H and O–H groups in total. The minimum absolute atomic E-state index is 0.224. The summed E-state index contributed by atoms with van der Waals surface area (Å²) in [5, 5.41) is 3.31. The fourth-order valence-corrected chi connectivity index (χ4v) is 1.67. The highest BCUT2D eigenvalue weighted by Gasteiger charge is 2.06. The summed E-state index contributed by atoms with van der Waals surface area (Å²) in [6.07, 6.45) is 1.52. The molecule has 1 heterocycles. The van der Waals surface area contributed by atoms with Gasteiger partial charge in [-0.2, -0.15) is 0 Å². The third kappa shape index (κ3) is 3.31. The summed E-state index contributed by atoms with van der Waals surface area (Å²) in [6, 6.07) is 11.2. The first-order valence-electron chi connectivity index (χ1n) is 5.60. The van der Waals surface area contributed by atoms with E-state index in [1.807, 2.05) is 31.2 Å². The number of amides is 1. The molecule has 0 saturated heterocycles. The van der Waals surface area contributed by atoms with Crippen LogP contribution in [-0.2, 0) is 6.54 Å². The van der Waals surface area contributed by atoms with Crippen molar-refractivity contribution in [3.8, 4) is 0 Å². The summed E-state index contributed by atoms with van der Waals surface area (Å²) in [5.74, 6) is -0.224. The lowest BCUT2D eigenvalue weighted by Crippen LogP contribution is -2.23. The van der Waals surface area contributed by atoms with Gasteiger partial charge in [-0.15, -0.1) is 0 Å². The Balaban J connectivity index is 1.98. The van der Waals surface area contributed by atoms with E-state index in [4.69, 9.17) is 11.6 Å². The van der Waals surface area contributed by atoms with Crippen LogP contribution in [0, 0.1) is 6.92 Å². The largest absolute Gasteiger partial charge is 0.347 e. The van der Waals surface area contributed by atoms with Crippen LogP contribution in [0.5, 0.6) is 0 Å². The number of carbonyl (C=O) groups excluding carboxylic acids is 1. The van der Waals surface area contributed by atoms with Crippen LogP contribution < -0.4 is 5.32 Å². The minimum Gasteiger partial charge on any atom is -0.347 e. The molecule has 3 nitrogen and oxygen atoms in total. The van der Waals surface area contributed by atoms with Crippen molar-refractivity contribution in [1.29, 1.82) is 0 Å². The minimum atomic E-state index is -0.224. The van der Waals surface area contributed by atoms with Gasteiger partial charge in [-0.05, 0) is 24.6 Å². The Hall–Kier alpha value is -1.87. The van der Waals surface area contributed by atoms with Crippen LogP contribution in [0.15, 0.2) is 42.6 Å². The molecule has 0 aliphatic carbocycles. The number of nitrogens with zero attached hydrogens (tertiary/aromatic N) is 1. The lowest BCUT2D eigenvalue weighted by Gasteiger charge is -2.05. The van der Waals surface area contributed by atoms with Gasteiger partial charge < -0.3 is 5.32 Å². The standard InChI is InChI=1S/C14H13ClN2O/c1-10-2-4-11(5-3-10)9-17-14(18)13-8-12(15)6-7-16-13/h2-8H,9H2,1H3,(H,17,18). The fourth-order valence-electron chi connectivity index (χ4n) is 1.51. The molecule has 0 saturated carbocycles. The van der Waals surface area contributed by atoms with Crippen LogP contribution in [0.25, 0.3) is 0 Å². The molecule has 92 valence electrons. The first kappa shape index (κ1) is 12.6. The quantitative estimate of drug-likeness (QED) is 0.922. The predicted molar refractivity (Wildman–Crippen MR) is 71.6 cm³/mol. The van der Waals surface area contributed by atoms with Crippen molar-refractivity contribution >= 4 is 17.5 Å². The van der Waals surface area contributed by atoms with Crippen LogP contribution in [0.2, 0.25) is 5.02 Å². The second-order valence-electron chi connectivity index (χ2n) is 4.03. The number of pyridine rings is 1. The molecule has 1 aromatic carbocycles. The highest BCUT2D eigenvalue weighted by molar-refractivity contribution is 6.30. The third-order valence-electron chi connectivity index (χ3n) is 2.53. The van der Waals surface area contributed by atoms with Crippen molar-refractivity contribution in [2.24, 2.45) is 0 Å². The fraction of sp³-hybridized carbons (Fsp3) is 0.143. The van der Waals surface area contributed by atoms with E-state index in [9.17, 15) is 4.79 Å². The molecule has 4 heteroatoms. The maximum absolute atomic E-state index is 11.8. The van der Waals surface area contributed by atoms with E-state index in [1.54, 1.807) is 12.1 Å². The highest BCUT2D eigenvalue weighted by Crippen LogP contribution is 2.08. The zero-order valence-corrected chi connectivity index (χ0v) is 10.7. The normalized spacial score (nSPS) is 10.1. The number of hydrogen-bond acceptors (Lipinski definition) is 2. The van der Waals surface area contributed by atoms with Gasteiger partial charge in [-0.25, -0.2) is 0 Å². The van der Waals surface area contributed by atoms with Gasteiger partial charge in [0.1, 0.15) is 5.69 Å². The van der Waals surface area contributed by atoms with Gasteiger partial charge in [0.05, 0.1) is 0 Å². The first-order chi connectivity index (χ1) is 8.65. The predicted octanol–water partition coefficient (Wildman–Crippen LogP) is 2.97. The van der Waals surface area contributed by atoms with Crippen molar-refractivity contribution in [3.63, 3.8) is 0 Å². The summed E-state index contributed by atoms with van der Waals surface area (Å²) in [5.41, 5.74) is 2.58. The SMILES string of the molecule is Cc1ccc(CNC(=O)c2cc(Cl)ccn2)cc1. The summed E-state index contributed by atoms with van der Waals surface area (Å²) in [4.78, 5) is 15.8. The zero-order chi connectivity index (χ0) is 13.0. The van der Waals surface area contributed by atoms with Crippen LogP contribution in [0.1, 0.15) is 21.6 Å². The van der Waals surface area contributed by atoms with Crippen LogP contribution in [0.4, 0.5) is 0 Å². The highest BCUT2D eigenvalue weighted by atomic mass is 35.5. The molecule has 0 atom stereocenters. The summed E-state index contributed by atoms with van der Waals surface area (Å²) < 4.78 is 0. The van der Waals surface area contributed by atoms with E-state index in [1.165, 1.54) is 11.8 Å². The lowest BCUT2D eigenvalue weighted by molar-refractivity contribution is 0.0946. The number of rotatable bonds is 3. The number of nitrogens with one attached hydrogen (secondary N) is 1. The average molecular weight is 261 g/mol. The molecule has 0 aliphatic rings. The molecule has 0 spiro atoms. The molecule has 0 unspecified atom stereocenters. The number of halogens is 1. The number of carbonyl (C=O) groups is 1.